The van der Waals surface area contributed by atoms with Gasteiger partial charge in [0, 0.05) is 23.2 Å². The van der Waals surface area contributed by atoms with Crippen LogP contribution < -0.4 is 9.47 Å². The predicted molar refractivity (Wildman–Crippen MR) is 81.9 cm³/mol. The molecule has 0 radical (unpaired) electrons. The number of aromatic amines is 1. The second kappa shape index (κ2) is 5.50. The van der Waals surface area contributed by atoms with Gasteiger partial charge >= 0.3 is 0 Å². The molecule has 1 unspecified atom stereocenters. The van der Waals surface area contributed by atoms with E-state index in [0.717, 1.165) is 22.0 Å². The molecule has 4 heteroatoms. The second-order valence-electron chi connectivity index (χ2n) is 4.83. The molecule has 0 fully saturated rings. The monoisotopic (exact) mass is 283 g/mol. The summed E-state index contributed by atoms with van der Waals surface area (Å²) in [6.07, 6.45) is 1.13. The smallest absolute Gasteiger partial charge is 0.122 e. The summed E-state index contributed by atoms with van der Waals surface area (Å²) in [6.45, 7) is 0. The van der Waals surface area contributed by atoms with Crippen LogP contribution in [0, 0.1) is 0 Å². The van der Waals surface area contributed by atoms with E-state index in [4.69, 9.17) is 9.47 Å². The van der Waals surface area contributed by atoms with Crippen molar-refractivity contribution in [3.8, 4) is 11.5 Å². The molecule has 108 valence electrons. The molecule has 0 aliphatic heterocycles. The van der Waals surface area contributed by atoms with Crippen molar-refractivity contribution in [3.05, 3.63) is 59.8 Å². The fourth-order valence-electron chi connectivity index (χ4n) is 2.52. The van der Waals surface area contributed by atoms with E-state index in [9.17, 15) is 5.11 Å². The van der Waals surface area contributed by atoms with Crippen LogP contribution in [0.2, 0.25) is 0 Å². The van der Waals surface area contributed by atoms with E-state index in [-0.39, 0.29) is 0 Å². The van der Waals surface area contributed by atoms with Gasteiger partial charge in [0.15, 0.2) is 0 Å². The van der Waals surface area contributed by atoms with Crippen LogP contribution >= 0.6 is 0 Å². The maximum atomic E-state index is 10.7. The van der Waals surface area contributed by atoms with Crippen molar-refractivity contribution in [2.24, 2.45) is 0 Å². The van der Waals surface area contributed by atoms with Crippen LogP contribution in [-0.4, -0.2) is 24.3 Å². The van der Waals surface area contributed by atoms with Gasteiger partial charge in [0.05, 0.1) is 14.2 Å². The van der Waals surface area contributed by atoms with Crippen molar-refractivity contribution >= 4 is 10.9 Å². The topological polar surface area (TPSA) is 54.5 Å². The number of aliphatic hydroxyl groups is 1. The number of hydrogen-bond acceptors (Lipinski definition) is 3. The Kier molecular flexibility index (Phi) is 3.54. The number of aromatic nitrogens is 1. The number of hydrogen-bond donors (Lipinski definition) is 2. The predicted octanol–water partition coefficient (Wildman–Crippen LogP) is 3.27. The van der Waals surface area contributed by atoms with Gasteiger partial charge in [-0.3, -0.25) is 0 Å². The standard InChI is InChI=1S/C17H17NO3/c1-20-12-8-11(9-13(10-12)21-2)17(19)15-4-3-5-16-14(15)6-7-18-16/h3-10,17-19H,1-2H3. The van der Waals surface area contributed by atoms with Crippen molar-refractivity contribution in [1.29, 1.82) is 0 Å². The zero-order valence-electron chi connectivity index (χ0n) is 12.0. The average Bonchev–Trinajstić information content (AvgIpc) is 3.02. The van der Waals surface area contributed by atoms with Crippen molar-refractivity contribution in [2.75, 3.05) is 14.2 Å². The zero-order chi connectivity index (χ0) is 14.8. The van der Waals surface area contributed by atoms with E-state index in [1.54, 1.807) is 20.3 Å². The molecule has 0 amide bonds. The molecule has 2 N–H and O–H groups in total. The number of nitrogens with one attached hydrogen (secondary N) is 1. The van der Waals surface area contributed by atoms with Gasteiger partial charge in [0.1, 0.15) is 17.6 Å². The lowest BCUT2D eigenvalue weighted by molar-refractivity contribution is 0.220. The van der Waals surface area contributed by atoms with Crippen LogP contribution in [0.5, 0.6) is 11.5 Å². The molecule has 3 rings (SSSR count). The highest BCUT2D eigenvalue weighted by molar-refractivity contribution is 5.83. The van der Waals surface area contributed by atoms with E-state index in [0.29, 0.717) is 11.5 Å². The largest absolute Gasteiger partial charge is 0.497 e. The quantitative estimate of drug-likeness (QED) is 0.772. The Balaban J connectivity index is 2.09. The number of methoxy groups -OCH3 is 2. The fourth-order valence-corrected chi connectivity index (χ4v) is 2.52. The van der Waals surface area contributed by atoms with Gasteiger partial charge in [-0.2, -0.15) is 0 Å². The maximum Gasteiger partial charge on any atom is 0.122 e. The minimum absolute atomic E-state index is 0.657. The van der Waals surface area contributed by atoms with Gasteiger partial charge in [-0.05, 0) is 35.4 Å². The van der Waals surface area contributed by atoms with E-state index in [2.05, 4.69) is 4.98 Å². The molecule has 1 aromatic heterocycles. The van der Waals surface area contributed by atoms with E-state index < -0.39 is 6.10 Å². The summed E-state index contributed by atoms with van der Waals surface area (Å²) in [5.74, 6) is 1.31. The first-order valence-corrected chi connectivity index (χ1v) is 6.70. The third-order valence-corrected chi connectivity index (χ3v) is 3.61. The van der Waals surface area contributed by atoms with Crippen LogP contribution in [0.4, 0.5) is 0 Å². The molecule has 1 atom stereocenters. The molecule has 1 heterocycles. The molecule has 4 nitrogen and oxygen atoms in total. The lowest BCUT2D eigenvalue weighted by Crippen LogP contribution is -2.01. The summed E-state index contributed by atoms with van der Waals surface area (Å²) in [6, 6.07) is 13.2. The summed E-state index contributed by atoms with van der Waals surface area (Å²) in [4.78, 5) is 3.15. The summed E-state index contributed by atoms with van der Waals surface area (Å²) < 4.78 is 10.5. The molecule has 0 bridgehead atoms. The van der Waals surface area contributed by atoms with E-state index in [1.807, 2.05) is 42.6 Å². The normalized spacial score (nSPS) is 12.3. The Morgan fingerprint density at radius 3 is 2.38 bits per heavy atom. The summed E-state index contributed by atoms with van der Waals surface area (Å²) >= 11 is 0. The van der Waals surface area contributed by atoms with Crippen molar-refractivity contribution in [3.63, 3.8) is 0 Å². The van der Waals surface area contributed by atoms with Gasteiger partial charge in [-0.1, -0.05) is 12.1 Å². The zero-order valence-corrected chi connectivity index (χ0v) is 12.0. The minimum atomic E-state index is -0.742. The molecule has 3 aromatic rings. The summed E-state index contributed by atoms with van der Waals surface area (Å²) in [7, 11) is 3.19. The molecular formula is C17H17NO3. The minimum Gasteiger partial charge on any atom is -0.497 e. The molecule has 21 heavy (non-hydrogen) atoms. The molecule has 0 aliphatic carbocycles. The first-order chi connectivity index (χ1) is 10.2. The van der Waals surface area contributed by atoms with Crippen molar-refractivity contribution in [2.45, 2.75) is 6.10 Å². The van der Waals surface area contributed by atoms with Crippen LogP contribution in [0.25, 0.3) is 10.9 Å². The van der Waals surface area contributed by atoms with Gasteiger partial charge in [-0.25, -0.2) is 0 Å². The first-order valence-electron chi connectivity index (χ1n) is 6.70. The maximum absolute atomic E-state index is 10.7. The fraction of sp³-hybridized carbons (Fsp3) is 0.176. The number of rotatable bonds is 4. The summed E-state index contributed by atoms with van der Waals surface area (Å²) in [5.41, 5.74) is 2.59. The second-order valence-corrected chi connectivity index (χ2v) is 4.83. The Morgan fingerprint density at radius 2 is 1.71 bits per heavy atom. The molecule has 0 spiro atoms. The van der Waals surface area contributed by atoms with Gasteiger partial charge in [0.2, 0.25) is 0 Å². The number of ether oxygens (including phenoxy) is 2. The Bertz CT molecular complexity index is 741. The lowest BCUT2D eigenvalue weighted by Gasteiger charge is -2.15. The van der Waals surface area contributed by atoms with Crippen molar-refractivity contribution in [1.82, 2.24) is 4.98 Å². The van der Waals surface area contributed by atoms with Gasteiger partial charge < -0.3 is 19.6 Å². The average molecular weight is 283 g/mol. The number of aliphatic hydroxyl groups excluding tert-OH is 1. The highest BCUT2D eigenvalue weighted by atomic mass is 16.5. The molecule has 0 saturated heterocycles. The SMILES string of the molecule is COc1cc(OC)cc(C(O)c2cccc3[nH]ccc23)c1. The Morgan fingerprint density at radius 1 is 1.00 bits per heavy atom. The Hall–Kier alpha value is -2.46. The number of benzene rings is 2. The van der Waals surface area contributed by atoms with Gasteiger partial charge in [0.25, 0.3) is 0 Å². The van der Waals surface area contributed by atoms with E-state index in [1.165, 1.54) is 0 Å². The van der Waals surface area contributed by atoms with Crippen molar-refractivity contribution < 1.29 is 14.6 Å². The van der Waals surface area contributed by atoms with Gasteiger partial charge in [-0.15, -0.1) is 0 Å². The van der Waals surface area contributed by atoms with Crippen LogP contribution in [0.1, 0.15) is 17.2 Å². The highest BCUT2D eigenvalue weighted by Gasteiger charge is 2.16. The molecule has 2 aromatic carbocycles. The first kappa shape index (κ1) is 13.5. The van der Waals surface area contributed by atoms with Crippen LogP contribution in [0.3, 0.4) is 0 Å². The van der Waals surface area contributed by atoms with Crippen LogP contribution in [-0.2, 0) is 0 Å². The van der Waals surface area contributed by atoms with E-state index >= 15 is 0 Å². The molecular weight excluding hydrogens is 266 g/mol. The van der Waals surface area contributed by atoms with Crippen LogP contribution in [0.15, 0.2) is 48.7 Å². The molecule has 0 saturated carbocycles. The number of fused-ring (bicyclic) bond motifs is 1. The third kappa shape index (κ3) is 2.45. The molecule has 0 aliphatic rings. The lowest BCUT2D eigenvalue weighted by atomic mass is 9.98. The Labute approximate surface area is 122 Å². The summed E-state index contributed by atoms with van der Waals surface area (Å²) in [5, 5.41) is 11.7. The third-order valence-electron chi connectivity index (χ3n) is 3.61. The number of H-pyrrole nitrogens is 1. The highest BCUT2D eigenvalue weighted by Crippen LogP contribution is 2.32.